The van der Waals surface area contributed by atoms with Crippen LogP contribution < -0.4 is 4.72 Å². The molecule has 0 atom stereocenters. The predicted molar refractivity (Wildman–Crippen MR) is 90.5 cm³/mol. The standard InChI is InChI=1S/C17H24N2O2S/c1-6-17(4,5)19-22(20,21)16-8-7-13(12(2)3)14-9-10-18-11-15(14)16/h7-12,19H,6H2,1-5H3. The van der Waals surface area contributed by atoms with Crippen molar-refractivity contribution in [3.05, 3.63) is 36.2 Å². The molecule has 4 nitrogen and oxygen atoms in total. The van der Waals surface area contributed by atoms with E-state index in [4.69, 9.17) is 0 Å². The zero-order chi connectivity index (χ0) is 16.5. The molecule has 0 amide bonds. The third kappa shape index (κ3) is 3.31. The maximum atomic E-state index is 12.8. The molecular weight excluding hydrogens is 296 g/mol. The number of nitrogens with one attached hydrogen (secondary N) is 1. The van der Waals surface area contributed by atoms with E-state index in [9.17, 15) is 8.42 Å². The maximum Gasteiger partial charge on any atom is 0.241 e. The molecule has 1 aromatic heterocycles. The van der Waals surface area contributed by atoms with E-state index in [2.05, 4.69) is 23.6 Å². The molecule has 2 rings (SSSR count). The van der Waals surface area contributed by atoms with Crippen molar-refractivity contribution in [1.29, 1.82) is 0 Å². The third-order valence-electron chi connectivity index (χ3n) is 4.02. The van der Waals surface area contributed by atoms with Crippen LogP contribution in [0.1, 0.15) is 52.5 Å². The van der Waals surface area contributed by atoms with Crippen LogP contribution in [0, 0.1) is 0 Å². The quantitative estimate of drug-likeness (QED) is 0.911. The fourth-order valence-corrected chi connectivity index (χ4v) is 4.10. The number of benzene rings is 1. The minimum atomic E-state index is -3.59. The lowest BCUT2D eigenvalue weighted by molar-refractivity contribution is 0.440. The first-order valence-electron chi connectivity index (χ1n) is 7.58. The van der Waals surface area contributed by atoms with Gasteiger partial charge in [0.25, 0.3) is 0 Å². The van der Waals surface area contributed by atoms with Crippen LogP contribution in [-0.2, 0) is 10.0 Å². The molecule has 0 radical (unpaired) electrons. The van der Waals surface area contributed by atoms with Gasteiger partial charge in [-0.15, -0.1) is 0 Å². The number of aromatic nitrogens is 1. The van der Waals surface area contributed by atoms with Crippen LogP contribution in [0.4, 0.5) is 0 Å². The summed E-state index contributed by atoms with van der Waals surface area (Å²) in [6, 6.07) is 5.47. The minimum absolute atomic E-state index is 0.293. The highest BCUT2D eigenvalue weighted by atomic mass is 32.2. The number of pyridine rings is 1. The van der Waals surface area contributed by atoms with Gasteiger partial charge < -0.3 is 0 Å². The van der Waals surface area contributed by atoms with Gasteiger partial charge in [-0.25, -0.2) is 13.1 Å². The van der Waals surface area contributed by atoms with Crippen molar-refractivity contribution < 1.29 is 8.42 Å². The van der Waals surface area contributed by atoms with Crippen LogP contribution in [-0.4, -0.2) is 18.9 Å². The molecule has 1 heterocycles. The van der Waals surface area contributed by atoms with Crippen LogP contribution >= 0.6 is 0 Å². The van der Waals surface area contributed by atoms with Crippen LogP contribution in [0.5, 0.6) is 0 Å². The van der Waals surface area contributed by atoms with Crippen molar-refractivity contribution in [2.45, 2.75) is 57.4 Å². The Hall–Kier alpha value is -1.46. The number of hydrogen-bond donors (Lipinski definition) is 1. The molecule has 0 spiro atoms. The molecule has 0 aliphatic carbocycles. The summed E-state index contributed by atoms with van der Waals surface area (Å²) in [5, 5.41) is 1.62. The van der Waals surface area contributed by atoms with Gasteiger partial charge in [-0.2, -0.15) is 0 Å². The third-order valence-corrected chi connectivity index (χ3v) is 5.77. The second-order valence-electron chi connectivity index (χ2n) is 6.57. The molecular formula is C17H24N2O2S. The van der Waals surface area contributed by atoms with E-state index in [1.54, 1.807) is 18.5 Å². The van der Waals surface area contributed by atoms with Crippen LogP contribution in [0.15, 0.2) is 35.5 Å². The predicted octanol–water partition coefficient (Wildman–Crippen LogP) is 3.83. The molecule has 0 unspecified atom stereocenters. The first-order chi connectivity index (χ1) is 10.2. The second-order valence-corrected chi connectivity index (χ2v) is 8.22. The van der Waals surface area contributed by atoms with E-state index in [0.717, 1.165) is 10.9 Å². The number of hydrogen-bond acceptors (Lipinski definition) is 3. The van der Waals surface area contributed by atoms with Crippen LogP contribution in [0.3, 0.4) is 0 Å². The Kier molecular flexibility index (Phi) is 4.59. The summed E-state index contributed by atoms with van der Waals surface area (Å²) in [7, 11) is -3.59. The van der Waals surface area contributed by atoms with E-state index in [-0.39, 0.29) is 0 Å². The lowest BCUT2D eigenvalue weighted by Crippen LogP contribution is -2.42. The molecule has 120 valence electrons. The minimum Gasteiger partial charge on any atom is -0.264 e. The van der Waals surface area contributed by atoms with Gasteiger partial charge in [0.2, 0.25) is 10.0 Å². The van der Waals surface area contributed by atoms with Crippen molar-refractivity contribution in [3.8, 4) is 0 Å². The Morgan fingerprint density at radius 1 is 1.18 bits per heavy atom. The average molecular weight is 320 g/mol. The number of nitrogens with zero attached hydrogens (tertiary/aromatic N) is 1. The van der Waals surface area contributed by atoms with Crippen molar-refractivity contribution in [2.75, 3.05) is 0 Å². The summed E-state index contributed by atoms with van der Waals surface area (Å²) < 4.78 is 28.3. The smallest absolute Gasteiger partial charge is 0.241 e. The molecule has 0 bridgehead atoms. The van der Waals surface area contributed by atoms with Gasteiger partial charge in [0.15, 0.2) is 0 Å². The van der Waals surface area contributed by atoms with Crippen molar-refractivity contribution in [3.63, 3.8) is 0 Å². The van der Waals surface area contributed by atoms with Crippen molar-refractivity contribution >= 4 is 20.8 Å². The lowest BCUT2D eigenvalue weighted by atomic mass is 9.97. The molecule has 0 saturated carbocycles. The van der Waals surface area contributed by atoms with Crippen molar-refractivity contribution in [2.24, 2.45) is 0 Å². The first-order valence-corrected chi connectivity index (χ1v) is 9.07. The summed E-state index contributed by atoms with van der Waals surface area (Å²) in [5.74, 6) is 0.321. The lowest BCUT2D eigenvalue weighted by Gasteiger charge is -2.25. The van der Waals surface area contributed by atoms with E-state index < -0.39 is 15.6 Å². The van der Waals surface area contributed by atoms with Gasteiger partial charge in [-0.1, -0.05) is 26.8 Å². The molecule has 0 fully saturated rings. The monoisotopic (exact) mass is 320 g/mol. The number of fused-ring (bicyclic) bond motifs is 1. The molecule has 0 saturated heterocycles. The second kappa shape index (κ2) is 5.97. The highest BCUT2D eigenvalue weighted by Crippen LogP contribution is 2.30. The van der Waals surface area contributed by atoms with E-state index in [1.165, 1.54) is 0 Å². The van der Waals surface area contributed by atoms with Gasteiger partial charge in [0.05, 0.1) is 4.90 Å². The Balaban J connectivity index is 2.65. The van der Waals surface area contributed by atoms with Gasteiger partial charge in [0.1, 0.15) is 0 Å². The zero-order valence-electron chi connectivity index (χ0n) is 13.8. The largest absolute Gasteiger partial charge is 0.264 e. The van der Waals surface area contributed by atoms with Crippen LogP contribution in [0.2, 0.25) is 0 Å². The molecule has 1 aromatic carbocycles. The first kappa shape index (κ1) is 16.9. The number of sulfonamides is 1. The van der Waals surface area contributed by atoms with Gasteiger partial charge in [-0.3, -0.25) is 4.98 Å². The van der Waals surface area contributed by atoms with Crippen molar-refractivity contribution in [1.82, 2.24) is 9.71 Å². The Labute approximate surface area is 133 Å². The summed E-state index contributed by atoms with van der Waals surface area (Å²) >= 11 is 0. The highest BCUT2D eigenvalue weighted by Gasteiger charge is 2.26. The van der Waals surface area contributed by atoms with Gasteiger partial charge in [0, 0.05) is 23.3 Å². The topological polar surface area (TPSA) is 59.1 Å². The number of rotatable bonds is 5. The Bertz CT molecular complexity index is 780. The summed E-state index contributed by atoms with van der Waals surface area (Å²) in [6.07, 6.45) is 4.05. The Morgan fingerprint density at radius 2 is 1.86 bits per heavy atom. The summed E-state index contributed by atoms with van der Waals surface area (Å²) in [5.41, 5.74) is 0.649. The zero-order valence-corrected chi connectivity index (χ0v) is 14.7. The molecule has 0 aliphatic heterocycles. The summed E-state index contributed by atoms with van der Waals surface area (Å²) in [6.45, 7) is 9.93. The van der Waals surface area contributed by atoms with E-state index in [0.29, 0.717) is 22.6 Å². The SMILES string of the molecule is CCC(C)(C)NS(=O)(=O)c1ccc(C(C)C)c2ccncc12. The molecule has 0 aliphatic rings. The fourth-order valence-electron chi connectivity index (χ4n) is 2.42. The fraction of sp³-hybridized carbons (Fsp3) is 0.471. The van der Waals surface area contributed by atoms with E-state index >= 15 is 0 Å². The molecule has 2 aromatic rings. The van der Waals surface area contributed by atoms with Gasteiger partial charge >= 0.3 is 0 Å². The molecule has 5 heteroatoms. The highest BCUT2D eigenvalue weighted by molar-refractivity contribution is 7.89. The summed E-state index contributed by atoms with van der Waals surface area (Å²) in [4.78, 5) is 4.40. The average Bonchev–Trinajstić information content (AvgIpc) is 2.44. The van der Waals surface area contributed by atoms with E-state index in [1.807, 2.05) is 32.9 Å². The normalized spacial score (nSPS) is 13.0. The molecule has 22 heavy (non-hydrogen) atoms. The van der Waals surface area contributed by atoms with Gasteiger partial charge in [-0.05, 0) is 49.3 Å². The Morgan fingerprint density at radius 3 is 2.45 bits per heavy atom. The maximum absolute atomic E-state index is 12.8. The van der Waals surface area contributed by atoms with Crippen LogP contribution in [0.25, 0.3) is 10.8 Å². The molecule has 1 N–H and O–H groups in total.